The standard InChI is InChI=1S/C15H19ClN4/c1-10(2)8-17-14-7-15(19-9-18-14)20-13-6-12(16)5-4-11(13)3/h4-7,9-10H,8H2,1-3H3,(H2,17,18,19,20). The van der Waals surface area contributed by atoms with Crippen LogP contribution in [0, 0.1) is 12.8 Å². The summed E-state index contributed by atoms with van der Waals surface area (Å²) in [6.07, 6.45) is 1.55. The van der Waals surface area contributed by atoms with E-state index in [1.807, 2.05) is 31.2 Å². The van der Waals surface area contributed by atoms with E-state index in [0.29, 0.717) is 10.9 Å². The second-order valence-electron chi connectivity index (χ2n) is 5.15. The van der Waals surface area contributed by atoms with E-state index in [0.717, 1.165) is 29.4 Å². The van der Waals surface area contributed by atoms with Crippen molar-refractivity contribution in [2.75, 3.05) is 17.2 Å². The van der Waals surface area contributed by atoms with E-state index in [9.17, 15) is 0 Å². The molecule has 5 heteroatoms. The summed E-state index contributed by atoms with van der Waals surface area (Å²) < 4.78 is 0. The van der Waals surface area contributed by atoms with Gasteiger partial charge in [-0.1, -0.05) is 31.5 Å². The lowest BCUT2D eigenvalue weighted by atomic mass is 10.2. The number of nitrogens with one attached hydrogen (secondary N) is 2. The highest BCUT2D eigenvalue weighted by Crippen LogP contribution is 2.23. The Morgan fingerprint density at radius 1 is 1.15 bits per heavy atom. The van der Waals surface area contributed by atoms with Gasteiger partial charge < -0.3 is 10.6 Å². The van der Waals surface area contributed by atoms with Crippen LogP contribution in [0.5, 0.6) is 0 Å². The van der Waals surface area contributed by atoms with E-state index in [2.05, 4.69) is 34.4 Å². The molecule has 1 heterocycles. The molecule has 0 unspecified atom stereocenters. The smallest absolute Gasteiger partial charge is 0.135 e. The number of hydrogen-bond acceptors (Lipinski definition) is 4. The van der Waals surface area contributed by atoms with Gasteiger partial charge in [0, 0.05) is 23.3 Å². The van der Waals surface area contributed by atoms with E-state index in [1.54, 1.807) is 6.33 Å². The molecule has 0 radical (unpaired) electrons. The second-order valence-corrected chi connectivity index (χ2v) is 5.58. The quantitative estimate of drug-likeness (QED) is 0.864. The molecule has 0 spiro atoms. The summed E-state index contributed by atoms with van der Waals surface area (Å²) in [7, 11) is 0. The molecular formula is C15H19ClN4. The van der Waals surface area contributed by atoms with Crippen LogP contribution in [0.4, 0.5) is 17.3 Å². The first-order valence-corrected chi connectivity index (χ1v) is 7.01. The van der Waals surface area contributed by atoms with Crippen molar-refractivity contribution in [1.82, 2.24) is 9.97 Å². The molecule has 0 amide bonds. The molecule has 0 aliphatic heterocycles. The lowest BCUT2D eigenvalue weighted by Gasteiger charge is -2.11. The monoisotopic (exact) mass is 290 g/mol. The van der Waals surface area contributed by atoms with Crippen LogP contribution in [-0.4, -0.2) is 16.5 Å². The van der Waals surface area contributed by atoms with Gasteiger partial charge in [0.25, 0.3) is 0 Å². The Kier molecular flexibility index (Phi) is 4.79. The Bertz CT molecular complexity index is 584. The molecule has 2 N–H and O–H groups in total. The fourth-order valence-corrected chi connectivity index (χ4v) is 1.87. The normalized spacial score (nSPS) is 10.7. The summed E-state index contributed by atoms with van der Waals surface area (Å²) in [5.41, 5.74) is 2.07. The Morgan fingerprint density at radius 3 is 2.65 bits per heavy atom. The molecule has 2 rings (SSSR count). The predicted octanol–water partition coefficient (Wildman–Crippen LogP) is 4.25. The highest BCUT2D eigenvalue weighted by molar-refractivity contribution is 6.30. The summed E-state index contributed by atoms with van der Waals surface area (Å²) in [6.45, 7) is 7.22. The van der Waals surface area contributed by atoms with E-state index in [-0.39, 0.29) is 0 Å². The molecule has 1 aromatic carbocycles. The van der Waals surface area contributed by atoms with Crippen molar-refractivity contribution in [1.29, 1.82) is 0 Å². The minimum atomic E-state index is 0.566. The minimum Gasteiger partial charge on any atom is -0.370 e. The number of aromatic nitrogens is 2. The topological polar surface area (TPSA) is 49.8 Å². The number of aryl methyl sites for hydroxylation is 1. The van der Waals surface area contributed by atoms with E-state index < -0.39 is 0 Å². The number of nitrogens with zero attached hydrogens (tertiary/aromatic N) is 2. The Hall–Kier alpha value is -1.81. The van der Waals surface area contributed by atoms with Crippen molar-refractivity contribution in [3.8, 4) is 0 Å². The van der Waals surface area contributed by atoms with Crippen LogP contribution in [0.25, 0.3) is 0 Å². The SMILES string of the molecule is Cc1ccc(Cl)cc1Nc1cc(NCC(C)C)ncn1. The zero-order valence-corrected chi connectivity index (χ0v) is 12.7. The van der Waals surface area contributed by atoms with Gasteiger partial charge in [-0.05, 0) is 30.5 Å². The van der Waals surface area contributed by atoms with Crippen molar-refractivity contribution < 1.29 is 0 Å². The molecule has 0 saturated carbocycles. The molecule has 0 atom stereocenters. The van der Waals surface area contributed by atoms with Crippen LogP contribution >= 0.6 is 11.6 Å². The number of rotatable bonds is 5. The highest BCUT2D eigenvalue weighted by Gasteiger charge is 2.03. The molecular weight excluding hydrogens is 272 g/mol. The molecule has 106 valence electrons. The van der Waals surface area contributed by atoms with Crippen LogP contribution in [0.15, 0.2) is 30.6 Å². The summed E-state index contributed by atoms with van der Waals surface area (Å²) in [5.74, 6) is 2.13. The van der Waals surface area contributed by atoms with E-state index >= 15 is 0 Å². The van der Waals surface area contributed by atoms with Gasteiger partial charge in [0.2, 0.25) is 0 Å². The minimum absolute atomic E-state index is 0.566. The molecule has 0 aliphatic rings. The van der Waals surface area contributed by atoms with Crippen LogP contribution in [0.2, 0.25) is 5.02 Å². The van der Waals surface area contributed by atoms with Crippen LogP contribution in [0.3, 0.4) is 0 Å². The number of anilines is 3. The van der Waals surface area contributed by atoms with Gasteiger partial charge in [0.1, 0.15) is 18.0 Å². The molecule has 1 aromatic heterocycles. The Labute approximate surface area is 124 Å². The molecule has 0 saturated heterocycles. The van der Waals surface area contributed by atoms with Crippen molar-refractivity contribution in [2.45, 2.75) is 20.8 Å². The van der Waals surface area contributed by atoms with Crippen molar-refractivity contribution >= 4 is 28.9 Å². The van der Waals surface area contributed by atoms with Gasteiger partial charge in [-0.25, -0.2) is 9.97 Å². The number of halogens is 1. The number of hydrogen-bond donors (Lipinski definition) is 2. The summed E-state index contributed by atoms with van der Waals surface area (Å²) in [6, 6.07) is 7.63. The highest BCUT2D eigenvalue weighted by atomic mass is 35.5. The third-order valence-electron chi connectivity index (χ3n) is 2.82. The average molecular weight is 291 g/mol. The van der Waals surface area contributed by atoms with Crippen molar-refractivity contribution in [2.24, 2.45) is 5.92 Å². The zero-order chi connectivity index (χ0) is 14.5. The third kappa shape index (κ3) is 4.10. The zero-order valence-electron chi connectivity index (χ0n) is 11.9. The summed E-state index contributed by atoms with van der Waals surface area (Å²) in [4.78, 5) is 8.43. The van der Waals surface area contributed by atoms with Gasteiger partial charge >= 0.3 is 0 Å². The van der Waals surface area contributed by atoms with Crippen LogP contribution in [-0.2, 0) is 0 Å². The maximum atomic E-state index is 6.01. The maximum Gasteiger partial charge on any atom is 0.135 e. The first-order chi connectivity index (χ1) is 9.54. The lowest BCUT2D eigenvalue weighted by molar-refractivity contribution is 0.687. The fourth-order valence-electron chi connectivity index (χ4n) is 1.70. The van der Waals surface area contributed by atoms with Gasteiger partial charge in [-0.2, -0.15) is 0 Å². The third-order valence-corrected chi connectivity index (χ3v) is 3.06. The molecule has 20 heavy (non-hydrogen) atoms. The van der Waals surface area contributed by atoms with Gasteiger partial charge in [0.15, 0.2) is 0 Å². The first-order valence-electron chi connectivity index (χ1n) is 6.63. The van der Waals surface area contributed by atoms with Gasteiger partial charge in [-0.3, -0.25) is 0 Å². The van der Waals surface area contributed by atoms with Crippen LogP contribution < -0.4 is 10.6 Å². The Balaban J connectivity index is 2.13. The molecule has 0 fully saturated rings. The second kappa shape index (κ2) is 6.57. The van der Waals surface area contributed by atoms with Crippen molar-refractivity contribution in [3.63, 3.8) is 0 Å². The maximum absolute atomic E-state index is 6.01. The van der Waals surface area contributed by atoms with Crippen molar-refractivity contribution in [3.05, 3.63) is 41.2 Å². The molecule has 0 bridgehead atoms. The Morgan fingerprint density at radius 2 is 1.90 bits per heavy atom. The van der Waals surface area contributed by atoms with Gasteiger partial charge in [0.05, 0.1) is 0 Å². The van der Waals surface area contributed by atoms with Crippen LogP contribution in [0.1, 0.15) is 19.4 Å². The number of benzene rings is 1. The lowest BCUT2D eigenvalue weighted by Crippen LogP contribution is -2.09. The molecule has 2 aromatic rings. The van der Waals surface area contributed by atoms with E-state index in [4.69, 9.17) is 11.6 Å². The average Bonchev–Trinajstić information content (AvgIpc) is 2.41. The fraction of sp³-hybridized carbons (Fsp3) is 0.333. The van der Waals surface area contributed by atoms with E-state index in [1.165, 1.54) is 0 Å². The largest absolute Gasteiger partial charge is 0.370 e. The predicted molar refractivity (Wildman–Crippen MR) is 84.8 cm³/mol. The molecule has 4 nitrogen and oxygen atoms in total. The van der Waals surface area contributed by atoms with Gasteiger partial charge in [-0.15, -0.1) is 0 Å². The molecule has 0 aliphatic carbocycles. The summed E-state index contributed by atoms with van der Waals surface area (Å²) >= 11 is 6.01. The first kappa shape index (κ1) is 14.6. The summed E-state index contributed by atoms with van der Waals surface area (Å²) in [5, 5.41) is 7.24.